The highest BCUT2D eigenvalue weighted by Gasteiger charge is 2.30. The van der Waals surface area contributed by atoms with Gasteiger partial charge in [0.05, 0.1) is 12.1 Å². The zero-order chi connectivity index (χ0) is 14.5. The lowest BCUT2D eigenvalue weighted by atomic mass is 10.1. The summed E-state index contributed by atoms with van der Waals surface area (Å²) in [5.41, 5.74) is 0. The van der Waals surface area contributed by atoms with Gasteiger partial charge in [0, 0.05) is 6.54 Å². The van der Waals surface area contributed by atoms with Gasteiger partial charge in [-0.2, -0.15) is 0 Å². The Balaban J connectivity index is 1.89. The Labute approximate surface area is 119 Å². The summed E-state index contributed by atoms with van der Waals surface area (Å²) in [6.07, 6.45) is 6.12. The molecule has 3 N–H and O–H groups in total. The first-order chi connectivity index (χ1) is 9.56. The van der Waals surface area contributed by atoms with E-state index in [1.54, 1.807) is 0 Å². The molecule has 2 amide bonds. The Morgan fingerprint density at radius 3 is 2.45 bits per heavy atom. The number of nitrogens with one attached hydrogen (secondary N) is 1. The lowest BCUT2D eigenvalue weighted by molar-refractivity contribution is -0.137. The van der Waals surface area contributed by atoms with E-state index in [2.05, 4.69) is 5.32 Å². The van der Waals surface area contributed by atoms with Crippen LogP contribution in [-0.2, 0) is 4.79 Å². The van der Waals surface area contributed by atoms with Crippen molar-refractivity contribution in [1.82, 2.24) is 10.2 Å². The highest BCUT2D eigenvalue weighted by Crippen LogP contribution is 2.29. The van der Waals surface area contributed by atoms with Crippen molar-refractivity contribution < 1.29 is 19.8 Å². The fourth-order valence-electron chi connectivity index (χ4n) is 2.70. The van der Waals surface area contributed by atoms with Gasteiger partial charge < -0.3 is 20.4 Å². The lowest BCUT2D eigenvalue weighted by Crippen LogP contribution is -2.50. The summed E-state index contributed by atoms with van der Waals surface area (Å²) in [5, 5.41) is 21.7. The molecule has 20 heavy (non-hydrogen) atoms. The van der Waals surface area contributed by atoms with Crippen LogP contribution in [0.3, 0.4) is 0 Å². The van der Waals surface area contributed by atoms with Gasteiger partial charge >= 0.3 is 12.0 Å². The number of nitrogens with zero attached hydrogens (tertiary/aromatic N) is 1. The van der Waals surface area contributed by atoms with Gasteiger partial charge in [-0.25, -0.2) is 4.79 Å². The molecule has 6 heteroatoms. The molecule has 2 aliphatic rings. The summed E-state index contributed by atoms with van der Waals surface area (Å²) in [4.78, 5) is 24.4. The molecule has 0 radical (unpaired) electrons. The normalized spacial score (nSPS) is 26.6. The average molecular weight is 284 g/mol. The van der Waals surface area contributed by atoms with Crippen molar-refractivity contribution in [2.75, 3.05) is 13.1 Å². The van der Waals surface area contributed by atoms with E-state index < -0.39 is 12.1 Å². The van der Waals surface area contributed by atoms with E-state index in [0.717, 1.165) is 38.5 Å². The van der Waals surface area contributed by atoms with E-state index in [4.69, 9.17) is 5.11 Å². The van der Waals surface area contributed by atoms with Gasteiger partial charge in [0.2, 0.25) is 0 Å². The third-order valence-electron chi connectivity index (χ3n) is 4.08. The lowest BCUT2D eigenvalue weighted by Gasteiger charge is -2.27. The quantitative estimate of drug-likeness (QED) is 0.661. The van der Waals surface area contributed by atoms with Crippen molar-refractivity contribution in [3.8, 4) is 0 Å². The van der Waals surface area contributed by atoms with E-state index in [0.29, 0.717) is 18.9 Å². The van der Waals surface area contributed by atoms with Gasteiger partial charge in [0.15, 0.2) is 0 Å². The Kier molecular flexibility index (Phi) is 5.23. The minimum Gasteiger partial charge on any atom is -0.480 e. The second-order valence-corrected chi connectivity index (χ2v) is 5.98. The molecular weight excluding hydrogens is 260 g/mol. The van der Waals surface area contributed by atoms with Crippen LogP contribution in [0.15, 0.2) is 0 Å². The van der Waals surface area contributed by atoms with Gasteiger partial charge in [-0.15, -0.1) is 0 Å². The number of carbonyl (C=O) groups is 2. The van der Waals surface area contributed by atoms with Gasteiger partial charge in [0.25, 0.3) is 0 Å². The summed E-state index contributed by atoms with van der Waals surface area (Å²) >= 11 is 0. The van der Waals surface area contributed by atoms with E-state index in [-0.39, 0.29) is 18.6 Å². The molecule has 0 aromatic heterocycles. The van der Waals surface area contributed by atoms with Gasteiger partial charge in [-0.1, -0.05) is 19.3 Å². The number of carboxylic acid groups (broad SMARTS) is 1. The van der Waals surface area contributed by atoms with Crippen LogP contribution in [0.2, 0.25) is 0 Å². The summed E-state index contributed by atoms with van der Waals surface area (Å²) < 4.78 is 0. The van der Waals surface area contributed by atoms with Crippen molar-refractivity contribution in [1.29, 1.82) is 0 Å². The summed E-state index contributed by atoms with van der Waals surface area (Å²) in [7, 11) is 0. The number of rotatable bonds is 5. The molecule has 2 saturated carbocycles. The zero-order valence-corrected chi connectivity index (χ0v) is 11.8. The summed E-state index contributed by atoms with van der Waals surface area (Å²) in [5.74, 6) is -0.554. The fraction of sp³-hybridized carbons (Fsp3) is 0.857. The fourth-order valence-corrected chi connectivity index (χ4v) is 2.70. The number of urea groups is 1. The Morgan fingerprint density at radius 2 is 1.80 bits per heavy atom. The number of hydrogen-bond acceptors (Lipinski definition) is 3. The van der Waals surface area contributed by atoms with Crippen LogP contribution in [0.5, 0.6) is 0 Å². The monoisotopic (exact) mass is 284 g/mol. The highest BCUT2D eigenvalue weighted by atomic mass is 16.4. The number of amides is 2. The third kappa shape index (κ3) is 4.67. The summed E-state index contributed by atoms with van der Waals surface area (Å²) in [6.45, 7) is 0.228. The molecule has 2 fully saturated rings. The van der Waals surface area contributed by atoms with E-state index in [9.17, 15) is 14.7 Å². The maximum absolute atomic E-state index is 12.2. The topological polar surface area (TPSA) is 89.9 Å². The molecule has 0 heterocycles. The molecule has 0 aliphatic heterocycles. The second-order valence-electron chi connectivity index (χ2n) is 5.98. The average Bonchev–Trinajstić information content (AvgIpc) is 3.19. The van der Waals surface area contributed by atoms with Crippen molar-refractivity contribution >= 4 is 12.0 Å². The largest absolute Gasteiger partial charge is 0.480 e. The van der Waals surface area contributed by atoms with Crippen LogP contribution in [-0.4, -0.2) is 52.3 Å². The van der Waals surface area contributed by atoms with Crippen molar-refractivity contribution in [3.05, 3.63) is 0 Å². The minimum atomic E-state index is -0.998. The zero-order valence-electron chi connectivity index (χ0n) is 11.8. The van der Waals surface area contributed by atoms with Crippen molar-refractivity contribution in [3.63, 3.8) is 0 Å². The number of aliphatic hydroxyl groups excluding tert-OH is 1. The Hall–Kier alpha value is -1.30. The molecule has 2 aliphatic carbocycles. The summed E-state index contributed by atoms with van der Waals surface area (Å²) in [6, 6.07) is -0.606. The molecule has 2 unspecified atom stereocenters. The molecule has 0 spiro atoms. The molecule has 2 rings (SSSR count). The maximum atomic E-state index is 12.2. The van der Waals surface area contributed by atoms with E-state index >= 15 is 0 Å². The van der Waals surface area contributed by atoms with E-state index in [1.165, 1.54) is 4.90 Å². The minimum absolute atomic E-state index is 0.250. The Bertz CT molecular complexity index is 357. The number of aliphatic carboxylic acids is 1. The molecule has 0 saturated heterocycles. The number of carbonyl (C=O) groups excluding carboxylic acids is 1. The van der Waals surface area contributed by atoms with Gasteiger partial charge in [-0.3, -0.25) is 4.79 Å². The molecule has 0 bridgehead atoms. The van der Waals surface area contributed by atoms with Crippen LogP contribution in [0, 0.1) is 5.92 Å². The van der Waals surface area contributed by atoms with Gasteiger partial charge in [-0.05, 0) is 31.6 Å². The van der Waals surface area contributed by atoms with Crippen molar-refractivity contribution in [2.24, 2.45) is 5.92 Å². The maximum Gasteiger partial charge on any atom is 0.323 e. The van der Waals surface area contributed by atoms with Crippen molar-refractivity contribution in [2.45, 2.75) is 57.1 Å². The second kappa shape index (κ2) is 6.92. The molecule has 6 nitrogen and oxygen atoms in total. The van der Waals surface area contributed by atoms with Gasteiger partial charge in [0.1, 0.15) is 6.54 Å². The predicted octanol–water partition coefficient (Wildman–Crippen LogP) is 1.19. The standard InChI is InChI=1S/C14H24N2O4/c17-12-5-3-1-2-4-11(12)15-14(20)16(9-13(18)19)8-10-6-7-10/h10-12,17H,1-9H2,(H,15,20)(H,18,19). The highest BCUT2D eigenvalue weighted by molar-refractivity contribution is 5.80. The van der Waals surface area contributed by atoms with Crippen LogP contribution < -0.4 is 5.32 Å². The van der Waals surface area contributed by atoms with Crippen LogP contribution >= 0.6 is 0 Å². The van der Waals surface area contributed by atoms with Crippen LogP contribution in [0.1, 0.15) is 44.9 Å². The SMILES string of the molecule is O=C(O)CN(CC1CC1)C(=O)NC1CCCCCC1O. The first-order valence-corrected chi connectivity index (χ1v) is 7.51. The predicted molar refractivity (Wildman–Crippen MR) is 73.3 cm³/mol. The molecule has 0 aromatic carbocycles. The molecule has 0 aromatic rings. The number of carboxylic acids is 1. The first-order valence-electron chi connectivity index (χ1n) is 7.51. The van der Waals surface area contributed by atoms with Crippen LogP contribution in [0.25, 0.3) is 0 Å². The first kappa shape index (κ1) is 15.1. The van der Waals surface area contributed by atoms with Crippen LogP contribution in [0.4, 0.5) is 4.79 Å². The number of hydrogen-bond donors (Lipinski definition) is 3. The Morgan fingerprint density at radius 1 is 1.10 bits per heavy atom. The molecule has 114 valence electrons. The molecule has 2 atom stereocenters. The molecular formula is C14H24N2O4. The smallest absolute Gasteiger partial charge is 0.323 e. The number of aliphatic hydroxyl groups is 1. The van der Waals surface area contributed by atoms with E-state index in [1.807, 2.05) is 0 Å². The third-order valence-corrected chi connectivity index (χ3v) is 4.08.